The Kier molecular flexibility index (Phi) is 10.6. The van der Waals surface area contributed by atoms with E-state index in [0.29, 0.717) is 61.0 Å². The van der Waals surface area contributed by atoms with Gasteiger partial charge >= 0.3 is 0 Å². The molecular weight excluding hydrogens is 573 g/mol. The maximum atomic E-state index is 14.3. The minimum Gasteiger partial charge on any atom is -0.356 e. The van der Waals surface area contributed by atoms with Gasteiger partial charge in [-0.3, -0.25) is 19.2 Å². The first-order valence-electron chi connectivity index (χ1n) is 15.8. The van der Waals surface area contributed by atoms with Crippen LogP contribution in [0.4, 0.5) is 4.39 Å². The second-order valence-electron chi connectivity index (χ2n) is 12.0. The number of nitrogens with zero attached hydrogens (tertiary/aromatic N) is 2. The summed E-state index contributed by atoms with van der Waals surface area (Å²) in [4.78, 5) is 55.2. The summed E-state index contributed by atoms with van der Waals surface area (Å²) in [5, 5.41) is 12.3. The third kappa shape index (κ3) is 7.00. The number of carbonyl (C=O) groups excluding carboxylic acids is 3. The van der Waals surface area contributed by atoms with Gasteiger partial charge in [0, 0.05) is 30.1 Å². The summed E-state index contributed by atoms with van der Waals surface area (Å²) in [5.41, 5.74) is 2.97. The van der Waals surface area contributed by atoms with Crippen molar-refractivity contribution in [1.29, 1.82) is 0 Å². The van der Waals surface area contributed by atoms with Crippen molar-refractivity contribution in [2.45, 2.75) is 91.8 Å². The summed E-state index contributed by atoms with van der Waals surface area (Å²) in [6, 6.07) is 11.4. The Balaban J connectivity index is 1.60. The van der Waals surface area contributed by atoms with Crippen LogP contribution in [0, 0.1) is 25.1 Å². The molecule has 3 N–H and O–H groups in total. The third-order valence-corrected chi connectivity index (χ3v) is 9.27. The normalized spacial score (nSPS) is 17.2. The number of aromatic amines is 1. The number of carbonyl (C=O) groups is 3. The molecule has 4 rings (SSSR count). The highest BCUT2D eigenvalue weighted by Crippen LogP contribution is 2.47. The zero-order valence-electron chi connectivity index (χ0n) is 27.0. The van der Waals surface area contributed by atoms with Crippen molar-refractivity contribution in [1.82, 2.24) is 25.7 Å². The minimum absolute atomic E-state index is 0.103. The topological polar surface area (TPSA) is 124 Å². The Hall–Kier alpha value is -4.34. The Morgan fingerprint density at radius 1 is 1.04 bits per heavy atom. The van der Waals surface area contributed by atoms with E-state index >= 15 is 0 Å². The number of rotatable bonds is 11. The lowest BCUT2D eigenvalue weighted by molar-refractivity contribution is -0.145. The number of amides is 3. The number of aromatic nitrogens is 2. The zero-order valence-corrected chi connectivity index (χ0v) is 27.0. The molecule has 45 heavy (non-hydrogen) atoms. The summed E-state index contributed by atoms with van der Waals surface area (Å²) in [6.07, 6.45) is 2.59. The van der Waals surface area contributed by atoms with Crippen LogP contribution < -0.4 is 16.2 Å². The van der Waals surface area contributed by atoms with Crippen LogP contribution in [0.3, 0.4) is 0 Å². The fourth-order valence-corrected chi connectivity index (χ4v) is 6.73. The van der Waals surface area contributed by atoms with E-state index in [-0.39, 0.29) is 17.4 Å². The number of hydrogen-bond acceptors (Lipinski definition) is 5. The fourth-order valence-electron chi connectivity index (χ4n) is 6.73. The molecule has 0 saturated carbocycles. The number of nitrogens with one attached hydrogen (secondary N) is 3. The van der Waals surface area contributed by atoms with Crippen LogP contribution in [0.1, 0.15) is 97.7 Å². The lowest BCUT2D eigenvalue weighted by Gasteiger charge is -2.43. The molecule has 2 heterocycles. The standard InChI is InChI=1S/C35H44FN5O4/c1-7-35(8-2,34(45)37-9-3)30-16-15-29(25-11-10-12-28(36)20-25)41(30)33(44)23(6)38-31(42)26-14-13-24(21(4)17-26)19-27-18-22(5)39-40-32(27)43/h10-14,17-18,20,23,29-30H,7-9,15-16,19H2,1-6H3,(H,37,45)(H,38,42)(H,40,43)/t23-,29+,30-/m1/s1. The molecule has 0 aliphatic carbocycles. The number of H-pyrrole nitrogens is 1. The molecule has 0 radical (unpaired) electrons. The average Bonchev–Trinajstić information content (AvgIpc) is 3.46. The van der Waals surface area contributed by atoms with Crippen LogP contribution in [0.5, 0.6) is 0 Å². The molecule has 2 aromatic carbocycles. The summed E-state index contributed by atoms with van der Waals surface area (Å²) < 4.78 is 14.3. The van der Waals surface area contributed by atoms with Crippen LogP contribution in [0.25, 0.3) is 0 Å². The Morgan fingerprint density at radius 3 is 2.42 bits per heavy atom. The number of halogens is 1. The van der Waals surface area contributed by atoms with Gasteiger partial charge in [0.25, 0.3) is 11.5 Å². The monoisotopic (exact) mass is 617 g/mol. The quantitative estimate of drug-likeness (QED) is 0.282. The molecule has 0 spiro atoms. The zero-order chi connectivity index (χ0) is 32.9. The largest absolute Gasteiger partial charge is 0.356 e. The van der Waals surface area contributed by atoms with E-state index < -0.39 is 35.3 Å². The molecule has 1 aliphatic heterocycles. The van der Waals surface area contributed by atoms with Gasteiger partial charge in [0.1, 0.15) is 11.9 Å². The van der Waals surface area contributed by atoms with E-state index in [4.69, 9.17) is 0 Å². The molecular formula is C35H44FN5O4. The van der Waals surface area contributed by atoms with Crippen molar-refractivity contribution in [3.8, 4) is 0 Å². The SMILES string of the molecule is CCNC(=O)C(CC)(CC)[C@H]1CC[C@@H](c2cccc(F)c2)N1C(=O)[C@@H](C)NC(=O)c1ccc(Cc2cc(C)n[nH]c2=O)c(C)c1. The number of hydrogen-bond donors (Lipinski definition) is 3. The number of benzene rings is 2. The molecule has 1 fully saturated rings. The predicted octanol–water partition coefficient (Wildman–Crippen LogP) is 4.91. The average molecular weight is 618 g/mol. The van der Waals surface area contributed by atoms with Crippen molar-refractivity contribution in [3.05, 3.63) is 98.2 Å². The van der Waals surface area contributed by atoms with E-state index in [1.165, 1.54) is 12.1 Å². The van der Waals surface area contributed by atoms with Gasteiger partial charge in [-0.1, -0.05) is 32.0 Å². The number of likely N-dealkylation sites (tertiary alicyclic amines) is 1. The van der Waals surface area contributed by atoms with Crippen molar-refractivity contribution < 1.29 is 18.8 Å². The van der Waals surface area contributed by atoms with E-state index in [9.17, 15) is 23.6 Å². The van der Waals surface area contributed by atoms with Crippen LogP contribution >= 0.6 is 0 Å². The lowest BCUT2D eigenvalue weighted by atomic mass is 9.73. The van der Waals surface area contributed by atoms with Crippen LogP contribution in [0.2, 0.25) is 0 Å². The van der Waals surface area contributed by atoms with Crippen LogP contribution in [0.15, 0.2) is 53.3 Å². The Labute approximate surface area is 264 Å². The van der Waals surface area contributed by atoms with Gasteiger partial charge in [-0.25, -0.2) is 9.49 Å². The lowest BCUT2D eigenvalue weighted by Crippen LogP contribution is -2.57. The summed E-state index contributed by atoms with van der Waals surface area (Å²) >= 11 is 0. The van der Waals surface area contributed by atoms with E-state index in [0.717, 1.165) is 11.1 Å². The van der Waals surface area contributed by atoms with E-state index in [1.807, 2.05) is 33.8 Å². The highest BCUT2D eigenvalue weighted by molar-refractivity contribution is 5.98. The maximum Gasteiger partial charge on any atom is 0.267 e. The highest BCUT2D eigenvalue weighted by atomic mass is 19.1. The maximum absolute atomic E-state index is 14.3. The van der Waals surface area contributed by atoms with E-state index in [2.05, 4.69) is 20.8 Å². The fraction of sp³-hybridized carbons (Fsp3) is 0.457. The van der Waals surface area contributed by atoms with Crippen LogP contribution in [-0.2, 0) is 16.0 Å². The molecule has 3 amide bonds. The van der Waals surface area contributed by atoms with Gasteiger partial charge in [-0.2, -0.15) is 5.10 Å². The van der Waals surface area contributed by atoms with Crippen molar-refractivity contribution in [3.63, 3.8) is 0 Å². The van der Waals surface area contributed by atoms with Gasteiger partial charge < -0.3 is 15.5 Å². The summed E-state index contributed by atoms with van der Waals surface area (Å²) in [6.45, 7) is 11.6. The summed E-state index contributed by atoms with van der Waals surface area (Å²) in [5.74, 6) is -1.24. The molecule has 1 aliphatic rings. The number of aryl methyl sites for hydroxylation is 2. The molecule has 240 valence electrons. The first-order chi connectivity index (χ1) is 21.4. The predicted molar refractivity (Wildman–Crippen MR) is 171 cm³/mol. The van der Waals surface area contributed by atoms with Gasteiger partial charge in [0.05, 0.1) is 17.2 Å². The van der Waals surface area contributed by atoms with Crippen molar-refractivity contribution >= 4 is 17.7 Å². The molecule has 1 aromatic heterocycles. The van der Waals surface area contributed by atoms with E-state index in [1.54, 1.807) is 49.1 Å². The van der Waals surface area contributed by atoms with Crippen LogP contribution in [-0.4, -0.2) is 51.4 Å². The molecule has 9 nitrogen and oxygen atoms in total. The van der Waals surface area contributed by atoms with Gasteiger partial charge in [-0.05, 0) is 100 Å². The highest BCUT2D eigenvalue weighted by Gasteiger charge is 2.52. The second kappa shape index (κ2) is 14.2. The minimum atomic E-state index is -0.909. The first kappa shape index (κ1) is 33.6. The molecule has 0 unspecified atom stereocenters. The third-order valence-electron chi connectivity index (χ3n) is 9.27. The van der Waals surface area contributed by atoms with Crippen molar-refractivity contribution in [2.75, 3.05) is 6.54 Å². The summed E-state index contributed by atoms with van der Waals surface area (Å²) in [7, 11) is 0. The molecule has 3 atom stereocenters. The second-order valence-corrected chi connectivity index (χ2v) is 12.0. The van der Waals surface area contributed by atoms with Gasteiger partial charge in [0.15, 0.2) is 0 Å². The molecule has 3 aromatic rings. The molecule has 0 bridgehead atoms. The first-order valence-corrected chi connectivity index (χ1v) is 15.8. The van der Waals surface area contributed by atoms with Crippen molar-refractivity contribution in [2.24, 2.45) is 5.41 Å². The van der Waals surface area contributed by atoms with Gasteiger partial charge in [0.2, 0.25) is 11.8 Å². The molecule has 10 heteroatoms. The Bertz CT molecular complexity index is 1620. The van der Waals surface area contributed by atoms with Gasteiger partial charge in [-0.15, -0.1) is 0 Å². The molecule has 1 saturated heterocycles. The smallest absolute Gasteiger partial charge is 0.267 e. The Morgan fingerprint density at radius 2 is 1.78 bits per heavy atom.